The second-order valence-electron chi connectivity index (χ2n) is 5.42. The first-order valence-electron chi connectivity index (χ1n) is 7.21. The Morgan fingerprint density at radius 2 is 1.77 bits per heavy atom. The summed E-state index contributed by atoms with van der Waals surface area (Å²) in [7, 11) is 0. The van der Waals surface area contributed by atoms with E-state index in [0.29, 0.717) is 5.95 Å². The molecule has 2 aromatic heterocycles. The minimum atomic E-state index is -0.463. The Bertz CT molecular complexity index is 609. The van der Waals surface area contributed by atoms with Gasteiger partial charge in [0.25, 0.3) is 0 Å². The topological polar surface area (TPSA) is 63.2 Å². The molecule has 1 saturated heterocycles. The Kier molecular flexibility index (Phi) is 4.15. The van der Waals surface area contributed by atoms with Gasteiger partial charge in [-0.25, -0.2) is 19.3 Å². The molecule has 1 aliphatic heterocycles. The molecule has 2 unspecified atom stereocenters. The first kappa shape index (κ1) is 14.6. The standard InChI is InChI=1S/C15H18FN5O/c1-10-8-21(9-11(2)22-10)14-4-3-13(7-17-14)20-15-18-5-12(16)6-19-15/h3-7,10-11H,8-9H2,1-2H3,(H,18,19,20). The van der Waals surface area contributed by atoms with Crippen molar-refractivity contribution in [3.8, 4) is 0 Å². The van der Waals surface area contributed by atoms with Crippen LogP contribution in [0.2, 0.25) is 0 Å². The minimum absolute atomic E-state index is 0.191. The number of pyridine rings is 1. The van der Waals surface area contributed by atoms with Crippen LogP contribution in [0.15, 0.2) is 30.7 Å². The van der Waals surface area contributed by atoms with Gasteiger partial charge in [0.05, 0.1) is 36.5 Å². The molecule has 22 heavy (non-hydrogen) atoms. The van der Waals surface area contributed by atoms with Gasteiger partial charge in [0.15, 0.2) is 5.82 Å². The van der Waals surface area contributed by atoms with E-state index in [-0.39, 0.29) is 12.2 Å². The third kappa shape index (κ3) is 3.48. The Labute approximate surface area is 128 Å². The number of aromatic nitrogens is 3. The highest BCUT2D eigenvalue weighted by Gasteiger charge is 2.22. The zero-order valence-electron chi connectivity index (χ0n) is 12.5. The quantitative estimate of drug-likeness (QED) is 0.939. The molecule has 2 atom stereocenters. The number of halogens is 1. The molecule has 3 rings (SSSR count). The first-order valence-corrected chi connectivity index (χ1v) is 7.21. The number of rotatable bonds is 3. The van der Waals surface area contributed by atoms with Gasteiger partial charge in [-0.15, -0.1) is 0 Å². The van der Waals surface area contributed by atoms with Crippen molar-refractivity contribution < 1.29 is 9.13 Å². The average Bonchev–Trinajstić information content (AvgIpc) is 2.49. The van der Waals surface area contributed by atoms with Gasteiger partial charge in [0.1, 0.15) is 5.82 Å². The fraction of sp³-hybridized carbons (Fsp3) is 0.400. The van der Waals surface area contributed by atoms with Gasteiger partial charge < -0.3 is 15.0 Å². The van der Waals surface area contributed by atoms with E-state index in [1.54, 1.807) is 6.20 Å². The maximum Gasteiger partial charge on any atom is 0.227 e. The highest BCUT2D eigenvalue weighted by atomic mass is 19.1. The average molecular weight is 303 g/mol. The molecule has 3 heterocycles. The number of anilines is 3. The molecule has 116 valence electrons. The van der Waals surface area contributed by atoms with E-state index in [1.807, 2.05) is 12.1 Å². The van der Waals surface area contributed by atoms with Gasteiger partial charge >= 0.3 is 0 Å². The summed E-state index contributed by atoms with van der Waals surface area (Å²) < 4.78 is 18.5. The van der Waals surface area contributed by atoms with E-state index in [0.717, 1.165) is 37.0 Å². The zero-order chi connectivity index (χ0) is 15.5. The Balaban J connectivity index is 1.68. The van der Waals surface area contributed by atoms with Crippen molar-refractivity contribution in [1.82, 2.24) is 15.0 Å². The van der Waals surface area contributed by atoms with Crippen LogP contribution in [0, 0.1) is 5.82 Å². The molecule has 1 fully saturated rings. The van der Waals surface area contributed by atoms with Gasteiger partial charge in [0, 0.05) is 13.1 Å². The molecule has 0 saturated carbocycles. The van der Waals surface area contributed by atoms with Crippen LogP contribution >= 0.6 is 0 Å². The second-order valence-corrected chi connectivity index (χ2v) is 5.42. The number of nitrogens with one attached hydrogen (secondary N) is 1. The van der Waals surface area contributed by atoms with Crippen LogP contribution in [0.25, 0.3) is 0 Å². The Hall–Kier alpha value is -2.28. The van der Waals surface area contributed by atoms with E-state index in [4.69, 9.17) is 4.74 Å². The second kappa shape index (κ2) is 6.23. The van der Waals surface area contributed by atoms with Crippen LogP contribution in [0.1, 0.15) is 13.8 Å². The summed E-state index contributed by atoms with van der Waals surface area (Å²) in [4.78, 5) is 14.4. The zero-order valence-corrected chi connectivity index (χ0v) is 12.5. The minimum Gasteiger partial charge on any atom is -0.372 e. The summed E-state index contributed by atoms with van der Waals surface area (Å²) in [6.07, 6.45) is 4.33. The highest BCUT2D eigenvalue weighted by molar-refractivity contribution is 5.54. The Morgan fingerprint density at radius 1 is 1.09 bits per heavy atom. The largest absolute Gasteiger partial charge is 0.372 e. The monoisotopic (exact) mass is 303 g/mol. The van der Waals surface area contributed by atoms with Gasteiger partial charge in [-0.1, -0.05) is 0 Å². The van der Waals surface area contributed by atoms with E-state index in [2.05, 4.69) is 39.0 Å². The normalized spacial score (nSPS) is 21.7. The summed E-state index contributed by atoms with van der Waals surface area (Å²) in [5, 5.41) is 2.98. The van der Waals surface area contributed by atoms with Gasteiger partial charge in [-0.2, -0.15) is 0 Å². The van der Waals surface area contributed by atoms with Crippen molar-refractivity contribution in [2.45, 2.75) is 26.1 Å². The lowest BCUT2D eigenvalue weighted by molar-refractivity contribution is -0.00545. The molecule has 0 spiro atoms. The predicted octanol–water partition coefficient (Wildman–Crippen LogP) is 2.37. The maximum absolute atomic E-state index is 12.8. The molecule has 0 radical (unpaired) electrons. The maximum atomic E-state index is 12.8. The van der Waals surface area contributed by atoms with Crippen molar-refractivity contribution in [2.75, 3.05) is 23.3 Å². The van der Waals surface area contributed by atoms with Gasteiger partial charge in [-0.3, -0.25) is 0 Å². The van der Waals surface area contributed by atoms with E-state index >= 15 is 0 Å². The third-order valence-corrected chi connectivity index (χ3v) is 3.37. The summed E-state index contributed by atoms with van der Waals surface area (Å²) in [5.74, 6) is 0.784. The van der Waals surface area contributed by atoms with E-state index in [1.165, 1.54) is 0 Å². The predicted molar refractivity (Wildman–Crippen MR) is 81.7 cm³/mol. The fourth-order valence-corrected chi connectivity index (χ4v) is 2.52. The number of hydrogen-bond donors (Lipinski definition) is 1. The van der Waals surface area contributed by atoms with Crippen LogP contribution in [-0.2, 0) is 4.74 Å². The summed E-state index contributed by atoms with van der Waals surface area (Å²) >= 11 is 0. The highest BCUT2D eigenvalue weighted by Crippen LogP contribution is 2.20. The van der Waals surface area contributed by atoms with Crippen molar-refractivity contribution in [1.29, 1.82) is 0 Å². The van der Waals surface area contributed by atoms with Gasteiger partial charge in [0.2, 0.25) is 5.95 Å². The molecule has 7 heteroatoms. The van der Waals surface area contributed by atoms with Crippen LogP contribution in [0.3, 0.4) is 0 Å². The summed E-state index contributed by atoms with van der Waals surface area (Å²) in [6.45, 7) is 5.77. The molecule has 1 N–H and O–H groups in total. The molecule has 0 bridgehead atoms. The van der Waals surface area contributed by atoms with Crippen molar-refractivity contribution in [3.63, 3.8) is 0 Å². The van der Waals surface area contributed by atoms with Crippen molar-refractivity contribution >= 4 is 17.5 Å². The first-order chi connectivity index (χ1) is 10.6. The van der Waals surface area contributed by atoms with Crippen LogP contribution < -0.4 is 10.2 Å². The van der Waals surface area contributed by atoms with Crippen molar-refractivity contribution in [3.05, 3.63) is 36.5 Å². The van der Waals surface area contributed by atoms with Gasteiger partial charge in [-0.05, 0) is 26.0 Å². The molecule has 0 amide bonds. The molecule has 0 aliphatic carbocycles. The molecule has 1 aliphatic rings. The molecular formula is C15H18FN5O. The molecule has 6 nitrogen and oxygen atoms in total. The fourth-order valence-electron chi connectivity index (χ4n) is 2.52. The van der Waals surface area contributed by atoms with E-state index < -0.39 is 5.82 Å². The number of ether oxygens (including phenoxy) is 1. The van der Waals surface area contributed by atoms with Crippen LogP contribution in [0.5, 0.6) is 0 Å². The number of hydrogen-bond acceptors (Lipinski definition) is 6. The smallest absolute Gasteiger partial charge is 0.227 e. The molecular weight excluding hydrogens is 285 g/mol. The van der Waals surface area contributed by atoms with Crippen LogP contribution in [-0.4, -0.2) is 40.2 Å². The lowest BCUT2D eigenvalue weighted by Crippen LogP contribution is -2.45. The SMILES string of the molecule is CC1CN(c2ccc(Nc3ncc(F)cn3)cn2)CC(C)O1. The lowest BCUT2D eigenvalue weighted by Gasteiger charge is -2.36. The lowest BCUT2D eigenvalue weighted by atomic mass is 10.2. The summed E-state index contributed by atoms with van der Waals surface area (Å²) in [6, 6.07) is 3.84. The number of morpholine rings is 1. The molecule has 0 aromatic carbocycles. The van der Waals surface area contributed by atoms with Crippen molar-refractivity contribution in [2.24, 2.45) is 0 Å². The Morgan fingerprint density at radius 3 is 2.36 bits per heavy atom. The van der Waals surface area contributed by atoms with Crippen LogP contribution in [0.4, 0.5) is 21.8 Å². The number of nitrogens with zero attached hydrogens (tertiary/aromatic N) is 4. The molecule has 2 aromatic rings. The third-order valence-electron chi connectivity index (χ3n) is 3.37. The van der Waals surface area contributed by atoms with E-state index in [9.17, 15) is 4.39 Å². The summed E-state index contributed by atoms with van der Waals surface area (Å²) in [5.41, 5.74) is 0.754.